The van der Waals surface area contributed by atoms with E-state index in [4.69, 9.17) is 21.1 Å². The zero-order valence-electron chi connectivity index (χ0n) is 18.0. The number of rotatable bonds is 8. The van der Waals surface area contributed by atoms with Gasteiger partial charge < -0.3 is 20.1 Å². The van der Waals surface area contributed by atoms with Gasteiger partial charge in [-0.2, -0.15) is 0 Å². The van der Waals surface area contributed by atoms with Gasteiger partial charge in [0, 0.05) is 19.3 Å². The average molecular weight is 445 g/mol. The van der Waals surface area contributed by atoms with Gasteiger partial charge in [-0.3, -0.25) is 9.59 Å². The standard InChI is InChI=1S/C24H29ClN2O4/c1-30-15-14-26-22(28)20-11-8-18(16-21(20)25)27-23(29)24(12-4-3-5-13-24)17-6-9-19(31-2)10-7-17/h6-11,16H,3-5,12-15H2,1-2H3,(H,26,28)(H,27,29). The number of anilines is 1. The molecule has 6 nitrogen and oxygen atoms in total. The fraction of sp³-hybridized carbons (Fsp3) is 0.417. The van der Waals surface area contributed by atoms with Crippen molar-refractivity contribution < 1.29 is 19.1 Å². The second kappa shape index (κ2) is 10.6. The largest absolute Gasteiger partial charge is 0.497 e. The highest BCUT2D eigenvalue weighted by atomic mass is 35.5. The van der Waals surface area contributed by atoms with Crippen LogP contribution in [0.2, 0.25) is 5.02 Å². The van der Waals surface area contributed by atoms with Crippen molar-refractivity contribution in [1.29, 1.82) is 0 Å². The van der Waals surface area contributed by atoms with Gasteiger partial charge in [-0.05, 0) is 48.7 Å². The molecule has 0 radical (unpaired) electrons. The summed E-state index contributed by atoms with van der Waals surface area (Å²) in [6, 6.07) is 12.7. The minimum Gasteiger partial charge on any atom is -0.497 e. The summed E-state index contributed by atoms with van der Waals surface area (Å²) in [6.45, 7) is 0.819. The van der Waals surface area contributed by atoms with Crippen molar-refractivity contribution in [3.8, 4) is 5.75 Å². The Hall–Kier alpha value is -2.57. The molecule has 2 amide bonds. The second-order valence-corrected chi connectivity index (χ2v) is 8.18. The molecule has 166 valence electrons. The average Bonchev–Trinajstić information content (AvgIpc) is 2.79. The van der Waals surface area contributed by atoms with Crippen LogP contribution in [0.25, 0.3) is 0 Å². The van der Waals surface area contributed by atoms with E-state index in [-0.39, 0.29) is 16.8 Å². The Morgan fingerprint density at radius 2 is 1.74 bits per heavy atom. The third kappa shape index (κ3) is 5.38. The van der Waals surface area contributed by atoms with E-state index in [9.17, 15) is 9.59 Å². The van der Waals surface area contributed by atoms with Gasteiger partial charge in [0.15, 0.2) is 0 Å². The van der Waals surface area contributed by atoms with Gasteiger partial charge in [-0.25, -0.2) is 0 Å². The van der Waals surface area contributed by atoms with E-state index >= 15 is 0 Å². The first kappa shape index (κ1) is 23.1. The molecule has 1 saturated carbocycles. The third-order valence-corrected chi connectivity index (χ3v) is 6.16. The quantitative estimate of drug-likeness (QED) is 0.585. The zero-order chi connectivity index (χ0) is 22.3. The molecule has 2 aromatic rings. The van der Waals surface area contributed by atoms with Crippen molar-refractivity contribution in [2.24, 2.45) is 0 Å². The molecule has 1 aliphatic carbocycles. The molecule has 0 saturated heterocycles. The van der Waals surface area contributed by atoms with E-state index in [1.54, 1.807) is 32.4 Å². The Morgan fingerprint density at radius 1 is 1.03 bits per heavy atom. The van der Waals surface area contributed by atoms with Gasteiger partial charge in [-0.1, -0.05) is 43.0 Å². The molecular weight excluding hydrogens is 416 g/mol. The van der Waals surface area contributed by atoms with Crippen molar-refractivity contribution in [2.75, 3.05) is 32.7 Å². The lowest BCUT2D eigenvalue weighted by atomic mass is 9.68. The molecule has 0 unspecified atom stereocenters. The van der Waals surface area contributed by atoms with Gasteiger partial charge >= 0.3 is 0 Å². The predicted octanol–water partition coefficient (Wildman–Crippen LogP) is 4.57. The van der Waals surface area contributed by atoms with Crippen LogP contribution in [0.4, 0.5) is 5.69 Å². The van der Waals surface area contributed by atoms with Crippen LogP contribution in [0.1, 0.15) is 48.0 Å². The van der Waals surface area contributed by atoms with Crippen molar-refractivity contribution in [3.05, 3.63) is 58.6 Å². The molecule has 3 rings (SSSR count). The number of carbonyl (C=O) groups excluding carboxylic acids is 2. The molecule has 31 heavy (non-hydrogen) atoms. The number of amides is 2. The molecule has 2 N–H and O–H groups in total. The molecule has 1 fully saturated rings. The molecule has 1 aliphatic rings. The van der Waals surface area contributed by atoms with Crippen LogP contribution in [-0.2, 0) is 14.9 Å². The summed E-state index contributed by atoms with van der Waals surface area (Å²) in [7, 11) is 3.20. The Bertz CT molecular complexity index is 908. The zero-order valence-corrected chi connectivity index (χ0v) is 18.8. The fourth-order valence-electron chi connectivity index (χ4n) is 4.10. The SMILES string of the molecule is COCCNC(=O)c1ccc(NC(=O)C2(c3ccc(OC)cc3)CCCCC2)cc1Cl. The maximum atomic E-state index is 13.5. The van der Waals surface area contributed by atoms with Crippen LogP contribution in [-0.4, -0.2) is 39.2 Å². The third-order valence-electron chi connectivity index (χ3n) is 5.85. The van der Waals surface area contributed by atoms with Gasteiger partial charge in [-0.15, -0.1) is 0 Å². The Balaban J connectivity index is 1.78. The van der Waals surface area contributed by atoms with E-state index in [2.05, 4.69) is 10.6 Å². The van der Waals surface area contributed by atoms with Crippen LogP contribution in [0.3, 0.4) is 0 Å². The van der Waals surface area contributed by atoms with Crippen molar-refractivity contribution >= 4 is 29.1 Å². The first-order chi connectivity index (χ1) is 15.0. The Labute approximate surface area is 188 Å². The first-order valence-corrected chi connectivity index (χ1v) is 10.9. The van der Waals surface area contributed by atoms with Crippen molar-refractivity contribution in [1.82, 2.24) is 5.32 Å². The molecule has 0 bridgehead atoms. The molecule has 7 heteroatoms. The van der Waals surface area contributed by atoms with Crippen LogP contribution >= 0.6 is 11.6 Å². The van der Waals surface area contributed by atoms with Gasteiger partial charge in [0.2, 0.25) is 5.91 Å². The van der Waals surface area contributed by atoms with Crippen LogP contribution < -0.4 is 15.4 Å². The number of carbonyl (C=O) groups is 2. The van der Waals surface area contributed by atoms with Crippen LogP contribution in [0.15, 0.2) is 42.5 Å². The maximum absolute atomic E-state index is 13.5. The normalized spacial score (nSPS) is 15.2. The van der Waals surface area contributed by atoms with E-state index in [0.717, 1.165) is 43.4 Å². The van der Waals surface area contributed by atoms with Gasteiger partial charge in [0.05, 0.1) is 29.7 Å². The number of ether oxygens (including phenoxy) is 2. The molecular formula is C24H29ClN2O4. The number of nitrogens with one attached hydrogen (secondary N) is 2. The number of hydrogen-bond donors (Lipinski definition) is 2. The topological polar surface area (TPSA) is 76.7 Å². The number of methoxy groups -OCH3 is 2. The second-order valence-electron chi connectivity index (χ2n) is 7.77. The number of halogens is 1. The summed E-state index contributed by atoms with van der Waals surface area (Å²) in [5, 5.41) is 6.06. The Kier molecular flexibility index (Phi) is 7.93. The summed E-state index contributed by atoms with van der Waals surface area (Å²) < 4.78 is 10.2. The van der Waals surface area contributed by atoms with Crippen LogP contribution in [0, 0.1) is 0 Å². The highest BCUT2D eigenvalue weighted by molar-refractivity contribution is 6.34. The van der Waals surface area contributed by atoms with E-state index in [1.165, 1.54) is 0 Å². The first-order valence-electron chi connectivity index (χ1n) is 10.5. The minimum absolute atomic E-state index is 0.0503. The smallest absolute Gasteiger partial charge is 0.252 e. The Morgan fingerprint density at radius 3 is 2.35 bits per heavy atom. The molecule has 2 aromatic carbocycles. The molecule has 0 spiro atoms. The van der Waals surface area contributed by atoms with Gasteiger partial charge in [0.25, 0.3) is 5.91 Å². The van der Waals surface area contributed by atoms with E-state index < -0.39 is 5.41 Å². The summed E-state index contributed by atoms with van der Waals surface area (Å²) >= 11 is 6.33. The maximum Gasteiger partial charge on any atom is 0.252 e. The van der Waals surface area contributed by atoms with E-state index in [1.807, 2.05) is 24.3 Å². The molecule has 0 aliphatic heterocycles. The summed E-state index contributed by atoms with van der Waals surface area (Å²) in [5.41, 5.74) is 1.33. The number of hydrogen-bond acceptors (Lipinski definition) is 4. The molecule has 0 heterocycles. The minimum atomic E-state index is -0.590. The van der Waals surface area contributed by atoms with Crippen molar-refractivity contribution in [2.45, 2.75) is 37.5 Å². The summed E-state index contributed by atoms with van der Waals surface area (Å²) in [4.78, 5) is 25.7. The lowest BCUT2D eigenvalue weighted by Crippen LogP contribution is -2.42. The van der Waals surface area contributed by atoms with Gasteiger partial charge in [0.1, 0.15) is 5.75 Å². The monoisotopic (exact) mass is 444 g/mol. The summed E-state index contributed by atoms with van der Waals surface area (Å²) in [6.07, 6.45) is 4.71. The number of benzene rings is 2. The molecule has 0 atom stereocenters. The summed E-state index contributed by atoms with van der Waals surface area (Å²) in [5.74, 6) is 0.439. The predicted molar refractivity (Wildman–Crippen MR) is 122 cm³/mol. The molecule has 0 aromatic heterocycles. The van der Waals surface area contributed by atoms with E-state index in [0.29, 0.717) is 24.4 Å². The highest BCUT2D eigenvalue weighted by Gasteiger charge is 2.41. The van der Waals surface area contributed by atoms with Crippen molar-refractivity contribution in [3.63, 3.8) is 0 Å². The lowest BCUT2D eigenvalue weighted by molar-refractivity contribution is -0.122. The highest BCUT2D eigenvalue weighted by Crippen LogP contribution is 2.41. The van der Waals surface area contributed by atoms with Crippen LogP contribution in [0.5, 0.6) is 5.75 Å². The lowest BCUT2D eigenvalue weighted by Gasteiger charge is -2.36. The fourth-order valence-corrected chi connectivity index (χ4v) is 4.37.